The first-order valence-electron chi connectivity index (χ1n) is 6.34. The summed E-state index contributed by atoms with van der Waals surface area (Å²) in [5.74, 6) is 0.573. The number of aromatic nitrogens is 1. The fourth-order valence-electron chi connectivity index (χ4n) is 1.94. The summed E-state index contributed by atoms with van der Waals surface area (Å²) in [7, 11) is 3.26. The molecule has 2 aromatic rings. The maximum atomic E-state index is 9.22. The first-order valence-corrected chi connectivity index (χ1v) is 6.34. The second-order valence-electron chi connectivity index (χ2n) is 4.38. The predicted octanol–water partition coefficient (Wildman–Crippen LogP) is 2.18. The van der Waals surface area contributed by atoms with Crippen molar-refractivity contribution in [3.05, 3.63) is 35.9 Å². The molecular weight excluding hydrogens is 254 g/mol. The number of nitriles is 1. The van der Waals surface area contributed by atoms with Crippen LogP contribution in [-0.4, -0.2) is 38.5 Å². The normalized spacial score (nSPS) is 12.1. The average molecular weight is 271 g/mol. The summed E-state index contributed by atoms with van der Waals surface area (Å²) in [6.45, 7) is 1.02. The van der Waals surface area contributed by atoms with Gasteiger partial charge in [-0.05, 0) is 12.1 Å². The molecule has 0 aliphatic heterocycles. The Kier molecular flexibility index (Phi) is 4.88. The van der Waals surface area contributed by atoms with Crippen molar-refractivity contribution in [2.75, 3.05) is 32.7 Å². The van der Waals surface area contributed by atoms with E-state index in [9.17, 15) is 5.26 Å². The zero-order chi connectivity index (χ0) is 14.4. The van der Waals surface area contributed by atoms with Gasteiger partial charge in [-0.2, -0.15) is 5.26 Å². The van der Waals surface area contributed by atoms with Crippen LogP contribution in [0.2, 0.25) is 0 Å². The van der Waals surface area contributed by atoms with E-state index in [1.54, 1.807) is 14.2 Å². The van der Waals surface area contributed by atoms with E-state index < -0.39 is 0 Å². The van der Waals surface area contributed by atoms with E-state index in [1.807, 2.05) is 30.3 Å². The Labute approximate surface area is 118 Å². The molecular formula is C15H17N3O2. The highest BCUT2D eigenvalue weighted by molar-refractivity contribution is 5.82. The van der Waals surface area contributed by atoms with Crippen LogP contribution in [0.15, 0.2) is 30.3 Å². The van der Waals surface area contributed by atoms with Crippen molar-refractivity contribution in [1.82, 2.24) is 4.98 Å². The predicted molar refractivity (Wildman–Crippen MR) is 77.6 cm³/mol. The molecule has 1 heterocycles. The molecule has 5 heteroatoms. The number of hydrogen-bond acceptors (Lipinski definition) is 5. The summed E-state index contributed by atoms with van der Waals surface area (Å²) < 4.78 is 10.3. The van der Waals surface area contributed by atoms with Gasteiger partial charge in [0, 0.05) is 26.2 Å². The third kappa shape index (κ3) is 3.23. The molecule has 0 fully saturated rings. The molecule has 0 aliphatic rings. The van der Waals surface area contributed by atoms with Crippen LogP contribution in [0.25, 0.3) is 10.9 Å². The first-order chi connectivity index (χ1) is 9.78. The van der Waals surface area contributed by atoms with Crippen molar-refractivity contribution in [2.45, 2.75) is 6.10 Å². The highest BCUT2D eigenvalue weighted by atomic mass is 16.5. The molecule has 1 atom stereocenters. The molecule has 1 N–H and O–H groups in total. The maximum absolute atomic E-state index is 9.22. The van der Waals surface area contributed by atoms with Crippen LogP contribution in [0.5, 0.6) is 0 Å². The molecule has 0 bridgehead atoms. The molecule has 0 saturated carbocycles. The topological polar surface area (TPSA) is 67.2 Å². The highest BCUT2D eigenvalue weighted by Gasteiger charge is 2.10. The maximum Gasteiger partial charge on any atom is 0.144 e. The van der Waals surface area contributed by atoms with E-state index in [4.69, 9.17) is 9.47 Å². The van der Waals surface area contributed by atoms with E-state index in [2.05, 4.69) is 16.4 Å². The smallest absolute Gasteiger partial charge is 0.144 e. The minimum atomic E-state index is -0.0835. The van der Waals surface area contributed by atoms with E-state index in [0.717, 1.165) is 10.9 Å². The zero-order valence-electron chi connectivity index (χ0n) is 11.6. The van der Waals surface area contributed by atoms with Gasteiger partial charge in [0.15, 0.2) is 0 Å². The molecule has 0 amide bonds. The second kappa shape index (κ2) is 6.85. The van der Waals surface area contributed by atoms with Gasteiger partial charge in [0.2, 0.25) is 0 Å². The quantitative estimate of drug-likeness (QED) is 0.872. The van der Waals surface area contributed by atoms with Gasteiger partial charge in [0.05, 0.1) is 23.8 Å². The summed E-state index contributed by atoms with van der Waals surface area (Å²) in [5, 5.41) is 13.3. The molecule has 2 rings (SSSR count). The van der Waals surface area contributed by atoms with E-state index in [1.165, 1.54) is 0 Å². The fraction of sp³-hybridized carbons (Fsp3) is 0.333. The van der Waals surface area contributed by atoms with Gasteiger partial charge in [-0.25, -0.2) is 4.98 Å². The number of anilines is 1. The molecule has 1 unspecified atom stereocenters. The molecule has 104 valence electrons. The number of methoxy groups -OCH3 is 2. The number of rotatable bonds is 6. The van der Waals surface area contributed by atoms with Crippen LogP contribution in [0.1, 0.15) is 5.56 Å². The van der Waals surface area contributed by atoms with Crippen molar-refractivity contribution < 1.29 is 9.47 Å². The molecule has 0 aliphatic carbocycles. The van der Waals surface area contributed by atoms with Gasteiger partial charge in [0.1, 0.15) is 11.9 Å². The van der Waals surface area contributed by atoms with Gasteiger partial charge < -0.3 is 14.8 Å². The number of hydrogen-bond donors (Lipinski definition) is 1. The standard InChI is InChI=1S/C15H17N3O2/c1-19-10-13(20-2)9-17-15-12(8-16)7-11-5-3-4-6-14(11)18-15/h3-7,13H,9-10H2,1-2H3,(H,17,18). The van der Waals surface area contributed by atoms with E-state index >= 15 is 0 Å². The Morgan fingerprint density at radius 1 is 1.35 bits per heavy atom. The number of para-hydroxylation sites is 1. The van der Waals surface area contributed by atoms with Crippen LogP contribution in [0, 0.1) is 11.3 Å². The molecule has 0 saturated heterocycles. The van der Waals surface area contributed by atoms with Crippen molar-refractivity contribution in [3.63, 3.8) is 0 Å². The van der Waals surface area contributed by atoms with Crippen LogP contribution in [-0.2, 0) is 9.47 Å². The minimum absolute atomic E-state index is 0.0835. The third-order valence-electron chi connectivity index (χ3n) is 3.03. The van der Waals surface area contributed by atoms with E-state index in [-0.39, 0.29) is 6.10 Å². The van der Waals surface area contributed by atoms with Crippen molar-refractivity contribution >= 4 is 16.7 Å². The Bertz CT molecular complexity index is 622. The summed E-state index contributed by atoms with van der Waals surface area (Å²) >= 11 is 0. The van der Waals surface area contributed by atoms with Crippen LogP contribution in [0.4, 0.5) is 5.82 Å². The molecule has 1 aromatic heterocycles. The minimum Gasteiger partial charge on any atom is -0.382 e. The summed E-state index contributed by atoms with van der Waals surface area (Å²) in [6.07, 6.45) is -0.0835. The molecule has 0 spiro atoms. The molecule has 0 radical (unpaired) electrons. The Hall–Kier alpha value is -2.16. The number of nitrogens with one attached hydrogen (secondary N) is 1. The molecule has 1 aromatic carbocycles. The third-order valence-corrected chi connectivity index (χ3v) is 3.03. The van der Waals surface area contributed by atoms with Gasteiger partial charge >= 0.3 is 0 Å². The van der Waals surface area contributed by atoms with Crippen molar-refractivity contribution in [3.8, 4) is 6.07 Å². The molecule has 5 nitrogen and oxygen atoms in total. The Morgan fingerprint density at radius 2 is 2.15 bits per heavy atom. The number of benzene rings is 1. The van der Waals surface area contributed by atoms with Gasteiger partial charge in [-0.15, -0.1) is 0 Å². The summed E-state index contributed by atoms with van der Waals surface area (Å²) in [4.78, 5) is 4.48. The van der Waals surface area contributed by atoms with Crippen LogP contribution >= 0.6 is 0 Å². The lowest BCUT2D eigenvalue weighted by Crippen LogP contribution is -2.27. The van der Waals surface area contributed by atoms with Crippen molar-refractivity contribution in [1.29, 1.82) is 5.26 Å². The Balaban J connectivity index is 2.22. The monoisotopic (exact) mass is 271 g/mol. The number of nitrogens with zero attached hydrogens (tertiary/aromatic N) is 2. The van der Waals surface area contributed by atoms with Crippen molar-refractivity contribution in [2.24, 2.45) is 0 Å². The van der Waals surface area contributed by atoms with Gasteiger partial charge in [-0.1, -0.05) is 18.2 Å². The van der Waals surface area contributed by atoms with E-state index in [0.29, 0.717) is 24.5 Å². The lowest BCUT2D eigenvalue weighted by molar-refractivity contribution is 0.0365. The lowest BCUT2D eigenvalue weighted by atomic mass is 10.1. The largest absolute Gasteiger partial charge is 0.382 e. The zero-order valence-corrected chi connectivity index (χ0v) is 11.6. The lowest BCUT2D eigenvalue weighted by Gasteiger charge is -2.16. The Morgan fingerprint density at radius 3 is 2.85 bits per heavy atom. The van der Waals surface area contributed by atoms with Crippen LogP contribution in [0.3, 0.4) is 0 Å². The highest BCUT2D eigenvalue weighted by Crippen LogP contribution is 2.19. The average Bonchev–Trinajstić information content (AvgIpc) is 2.50. The van der Waals surface area contributed by atoms with Gasteiger partial charge in [0.25, 0.3) is 0 Å². The fourth-order valence-corrected chi connectivity index (χ4v) is 1.94. The number of fused-ring (bicyclic) bond motifs is 1. The number of ether oxygens (including phenoxy) is 2. The summed E-state index contributed by atoms with van der Waals surface area (Å²) in [6, 6.07) is 11.7. The SMILES string of the molecule is COCC(CNc1nc2ccccc2cc1C#N)OC. The number of pyridine rings is 1. The van der Waals surface area contributed by atoms with Crippen LogP contribution < -0.4 is 5.32 Å². The van der Waals surface area contributed by atoms with Gasteiger partial charge in [-0.3, -0.25) is 0 Å². The summed E-state index contributed by atoms with van der Waals surface area (Å²) in [5.41, 5.74) is 1.38. The first kappa shape index (κ1) is 14.3. The second-order valence-corrected chi connectivity index (χ2v) is 4.38. The molecule has 20 heavy (non-hydrogen) atoms.